The van der Waals surface area contributed by atoms with Gasteiger partial charge in [-0.2, -0.15) is 4.37 Å². The molecule has 3 rings (SSSR count). The van der Waals surface area contributed by atoms with Crippen LogP contribution in [0.4, 0.5) is 9.39 Å². The molecule has 0 unspecified atom stereocenters. The van der Waals surface area contributed by atoms with Crippen molar-refractivity contribution in [3.63, 3.8) is 0 Å². The maximum atomic E-state index is 13.4. The number of nitrogens with one attached hydrogen (secondary N) is 1. The van der Waals surface area contributed by atoms with E-state index in [9.17, 15) is 4.39 Å². The molecule has 3 N–H and O–H groups in total. The first-order chi connectivity index (χ1) is 11.1. The highest BCUT2D eigenvalue weighted by atomic mass is 32.1. The van der Waals surface area contributed by atoms with E-state index in [1.54, 1.807) is 22.7 Å². The van der Waals surface area contributed by atoms with Gasteiger partial charge in [-0.3, -0.25) is 0 Å². The van der Waals surface area contributed by atoms with Crippen LogP contribution in [0.3, 0.4) is 0 Å². The van der Waals surface area contributed by atoms with Crippen molar-refractivity contribution in [2.45, 2.75) is 32.1 Å². The van der Waals surface area contributed by atoms with Crippen molar-refractivity contribution in [2.75, 3.05) is 5.32 Å². The highest BCUT2D eigenvalue weighted by molar-refractivity contribution is 7.24. The van der Waals surface area contributed by atoms with Crippen molar-refractivity contribution in [3.05, 3.63) is 32.8 Å². The van der Waals surface area contributed by atoms with Crippen molar-refractivity contribution >= 4 is 49.4 Å². The highest BCUT2D eigenvalue weighted by Gasteiger charge is 2.21. The summed E-state index contributed by atoms with van der Waals surface area (Å²) in [5, 5.41) is 6.47. The van der Waals surface area contributed by atoms with Gasteiger partial charge in [-0.1, -0.05) is 12.0 Å². The Kier molecular flexibility index (Phi) is 4.97. The molecule has 0 radical (unpaired) electrons. The van der Waals surface area contributed by atoms with Crippen LogP contribution in [-0.2, 0) is 13.0 Å². The van der Waals surface area contributed by atoms with Crippen LogP contribution in [0.25, 0.3) is 10.2 Å². The minimum atomic E-state index is -1.07. The van der Waals surface area contributed by atoms with E-state index in [1.165, 1.54) is 23.3 Å². The molecule has 0 saturated carbocycles. The molecule has 3 aromatic rings. The second-order valence-corrected chi connectivity index (χ2v) is 8.12. The lowest BCUT2D eigenvalue weighted by molar-refractivity contribution is 0.305. The molecule has 3 aromatic heterocycles. The zero-order valence-corrected chi connectivity index (χ0v) is 15.0. The van der Waals surface area contributed by atoms with E-state index in [4.69, 9.17) is 12.2 Å². The summed E-state index contributed by atoms with van der Waals surface area (Å²) in [6.07, 6.45) is 5.01. The molecule has 0 fully saturated rings. The third kappa shape index (κ3) is 3.40. The fourth-order valence-electron chi connectivity index (χ4n) is 2.20. The third-order valence-electron chi connectivity index (χ3n) is 3.55. The van der Waals surface area contributed by atoms with Crippen molar-refractivity contribution in [2.24, 2.45) is 5.73 Å². The van der Waals surface area contributed by atoms with Gasteiger partial charge in [0.1, 0.15) is 16.7 Å². The van der Waals surface area contributed by atoms with E-state index >= 15 is 0 Å². The molecule has 0 aliphatic rings. The fraction of sp³-hybridized carbons (Fsp3) is 0.312. The van der Waals surface area contributed by atoms with Gasteiger partial charge in [0, 0.05) is 22.2 Å². The van der Waals surface area contributed by atoms with Crippen molar-refractivity contribution in [3.8, 4) is 12.3 Å². The Balaban J connectivity index is 1.87. The Labute approximate surface area is 146 Å². The van der Waals surface area contributed by atoms with Crippen molar-refractivity contribution in [1.82, 2.24) is 4.37 Å². The molecule has 3 heterocycles. The summed E-state index contributed by atoms with van der Waals surface area (Å²) in [6, 6.07) is 3.57. The van der Waals surface area contributed by atoms with E-state index in [0.29, 0.717) is 6.42 Å². The summed E-state index contributed by atoms with van der Waals surface area (Å²) < 4.78 is 18.9. The van der Waals surface area contributed by atoms with Crippen LogP contribution in [0.5, 0.6) is 0 Å². The van der Waals surface area contributed by atoms with Crippen LogP contribution in [0.1, 0.15) is 22.2 Å². The first-order valence-electron chi connectivity index (χ1n) is 7.13. The van der Waals surface area contributed by atoms with Gasteiger partial charge in [-0.05, 0) is 29.9 Å². The molecule has 7 heteroatoms. The monoisotopic (exact) mass is 365 g/mol. The predicted molar refractivity (Wildman–Crippen MR) is 99.3 cm³/mol. The summed E-state index contributed by atoms with van der Waals surface area (Å²) in [7, 11) is 0. The minimum Gasteiger partial charge on any atom is -0.370 e. The Bertz CT molecular complexity index is 827. The highest BCUT2D eigenvalue weighted by Crippen LogP contribution is 2.39. The summed E-state index contributed by atoms with van der Waals surface area (Å²) in [6.45, 7) is 2.23. The molecular weight excluding hydrogens is 349 g/mol. The number of alkyl halides is 1. The Morgan fingerprint density at radius 2 is 2.35 bits per heavy atom. The van der Waals surface area contributed by atoms with Crippen molar-refractivity contribution in [1.29, 1.82) is 0 Å². The molecule has 0 aliphatic heterocycles. The van der Waals surface area contributed by atoms with E-state index in [0.717, 1.165) is 32.2 Å². The zero-order chi connectivity index (χ0) is 16.4. The first kappa shape index (κ1) is 16.4. The first-order valence-corrected chi connectivity index (χ1v) is 9.60. The lowest BCUT2D eigenvalue weighted by Crippen LogP contribution is -2.31. The summed E-state index contributed by atoms with van der Waals surface area (Å²) in [5.41, 5.74) is 7.43. The van der Waals surface area contributed by atoms with Crippen LogP contribution >= 0.6 is 34.2 Å². The number of hydrogen-bond acceptors (Lipinski definition) is 6. The Hall–Kier alpha value is -1.46. The van der Waals surface area contributed by atoms with Gasteiger partial charge in [0.2, 0.25) is 0 Å². The molecule has 0 aliphatic carbocycles. The number of thiophene rings is 2. The predicted octanol–water partition coefficient (Wildman–Crippen LogP) is 4.24. The summed E-state index contributed by atoms with van der Waals surface area (Å²) in [5.74, 6) is 2.70. The molecule has 0 spiro atoms. The lowest BCUT2D eigenvalue weighted by atomic mass is 10.1. The van der Waals surface area contributed by atoms with Crippen LogP contribution in [0, 0.1) is 12.3 Å². The maximum absolute atomic E-state index is 13.4. The van der Waals surface area contributed by atoms with Crippen LogP contribution in [0.2, 0.25) is 0 Å². The lowest BCUT2D eigenvalue weighted by Gasteiger charge is -2.11. The topological polar surface area (TPSA) is 50.9 Å². The normalized spacial score (nSPS) is 13.8. The van der Waals surface area contributed by atoms with Crippen LogP contribution < -0.4 is 11.1 Å². The molecular formula is C16H16FN3S3. The second-order valence-electron chi connectivity index (χ2n) is 5.21. The summed E-state index contributed by atoms with van der Waals surface area (Å²) in [4.78, 5) is 2.20. The number of aromatic nitrogens is 1. The van der Waals surface area contributed by atoms with E-state index in [2.05, 4.69) is 27.1 Å². The van der Waals surface area contributed by atoms with Gasteiger partial charge >= 0.3 is 0 Å². The zero-order valence-electron chi connectivity index (χ0n) is 12.5. The van der Waals surface area contributed by atoms with E-state index in [-0.39, 0.29) is 0 Å². The van der Waals surface area contributed by atoms with Gasteiger partial charge in [0.05, 0.1) is 16.8 Å². The third-order valence-corrected chi connectivity index (χ3v) is 6.58. The Morgan fingerprint density at radius 1 is 1.52 bits per heavy atom. The average Bonchev–Trinajstić information content (AvgIpc) is 3.21. The number of fused-ring (bicyclic) bond motifs is 1. The maximum Gasteiger partial charge on any atom is 0.127 e. The Morgan fingerprint density at radius 3 is 3.00 bits per heavy atom. The quantitative estimate of drug-likeness (QED) is 0.643. The fourth-order valence-corrected chi connectivity index (χ4v) is 5.01. The number of rotatable bonds is 6. The van der Waals surface area contributed by atoms with Crippen LogP contribution in [0.15, 0.2) is 17.5 Å². The molecule has 23 heavy (non-hydrogen) atoms. The van der Waals surface area contributed by atoms with Crippen LogP contribution in [-0.4, -0.2) is 16.6 Å². The number of hydrogen-bond donors (Lipinski definition) is 2. The van der Waals surface area contributed by atoms with Gasteiger partial charge in [-0.25, -0.2) is 4.39 Å². The van der Waals surface area contributed by atoms with E-state index in [1.807, 2.05) is 6.07 Å². The van der Waals surface area contributed by atoms with Crippen molar-refractivity contribution < 1.29 is 4.39 Å². The largest absolute Gasteiger partial charge is 0.370 e. The van der Waals surface area contributed by atoms with Gasteiger partial charge in [0.15, 0.2) is 0 Å². The molecule has 0 bridgehead atoms. The molecule has 3 nitrogen and oxygen atoms in total. The average molecular weight is 366 g/mol. The molecule has 120 valence electrons. The molecule has 0 aromatic carbocycles. The van der Waals surface area contributed by atoms with Gasteiger partial charge in [-0.15, -0.1) is 29.1 Å². The standard InChI is InChI=1S/C16H16FN3S3/c1-3-11-13(7-12(18)9(2)17)22-15-14(11)20-23-16(15)19-8-10-5-4-6-21-10/h1,4-6,9,12,19H,7-8,18H2,2H3/t9-,12-/m1/s1. The smallest absolute Gasteiger partial charge is 0.127 e. The van der Waals surface area contributed by atoms with Gasteiger partial charge < -0.3 is 11.1 Å². The number of nitrogens with zero attached hydrogens (tertiary/aromatic N) is 1. The van der Waals surface area contributed by atoms with Gasteiger partial charge in [0.25, 0.3) is 0 Å². The number of halogens is 1. The number of terminal acetylenes is 1. The molecule has 0 amide bonds. The number of anilines is 1. The number of nitrogens with two attached hydrogens (primary N) is 1. The molecule has 2 atom stereocenters. The second kappa shape index (κ2) is 6.97. The minimum absolute atomic E-state index is 0.438. The van der Waals surface area contributed by atoms with E-state index < -0.39 is 12.2 Å². The summed E-state index contributed by atoms with van der Waals surface area (Å²) >= 11 is 4.68. The SMILES string of the molecule is C#Cc1c(C[C@@H](N)[C@@H](C)F)sc2c(NCc3cccs3)snc12. The molecule has 0 saturated heterocycles.